The summed E-state index contributed by atoms with van der Waals surface area (Å²) < 4.78 is 13.3. The number of hydrogen-bond acceptors (Lipinski definition) is 0. The van der Waals surface area contributed by atoms with Crippen LogP contribution < -0.4 is 0 Å². The van der Waals surface area contributed by atoms with Crippen LogP contribution in [-0.4, -0.2) is 0 Å². The van der Waals surface area contributed by atoms with E-state index < -0.39 is 0 Å². The molecule has 0 aromatic carbocycles. The summed E-state index contributed by atoms with van der Waals surface area (Å²) in [6.45, 7) is 7.64. The van der Waals surface area contributed by atoms with Gasteiger partial charge < -0.3 is 0 Å². The molecule has 0 aliphatic heterocycles. The zero-order valence-electron chi connectivity index (χ0n) is 7.73. The van der Waals surface area contributed by atoms with E-state index in [-0.39, 0.29) is 5.83 Å². The normalized spacial score (nSPS) is 24.9. The van der Waals surface area contributed by atoms with Crippen molar-refractivity contribution in [3.8, 4) is 0 Å². The largest absolute Gasteiger partial charge is 0.207 e. The second-order valence-corrected chi connectivity index (χ2v) is 3.35. The molecule has 1 atom stereocenters. The molecule has 0 aromatic rings. The average molecular weight is 166 g/mol. The number of hydrogen-bond donors (Lipinski definition) is 0. The van der Waals surface area contributed by atoms with E-state index in [1.807, 2.05) is 6.92 Å². The fourth-order valence-corrected chi connectivity index (χ4v) is 1.58. The zero-order valence-corrected chi connectivity index (χ0v) is 7.73. The van der Waals surface area contributed by atoms with Crippen molar-refractivity contribution in [2.45, 2.75) is 26.7 Å². The fraction of sp³-hybridized carbons (Fsp3) is 0.455. The summed E-state index contributed by atoms with van der Waals surface area (Å²) in [5, 5.41) is 0. The van der Waals surface area contributed by atoms with Gasteiger partial charge in [-0.2, -0.15) is 0 Å². The van der Waals surface area contributed by atoms with Crippen LogP contribution in [0.3, 0.4) is 0 Å². The molecule has 1 aliphatic rings. The summed E-state index contributed by atoms with van der Waals surface area (Å²) >= 11 is 0. The lowest BCUT2D eigenvalue weighted by Gasteiger charge is -2.02. The maximum atomic E-state index is 13.3. The minimum Gasteiger partial charge on any atom is -0.207 e. The van der Waals surface area contributed by atoms with Crippen LogP contribution in [0.1, 0.15) is 26.7 Å². The first-order valence-electron chi connectivity index (χ1n) is 4.35. The molecule has 1 aliphatic carbocycles. The topological polar surface area (TPSA) is 0 Å². The van der Waals surface area contributed by atoms with Gasteiger partial charge in [-0.15, -0.1) is 0 Å². The predicted molar refractivity (Wildman–Crippen MR) is 50.5 cm³/mol. The van der Waals surface area contributed by atoms with E-state index in [1.54, 1.807) is 0 Å². The Morgan fingerprint density at radius 1 is 1.67 bits per heavy atom. The third-order valence-electron chi connectivity index (χ3n) is 2.60. The molecule has 12 heavy (non-hydrogen) atoms. The highest BCUT2D eigenvalue weighted by Crippen LogP contribution is 2.35. The van der Waals surface area contributed by atoms with Gasteiger partial charge in [0.05, 0.1) is 0 Å². The minimum atomic E-state index is -0.105. The van der Waals surface area contributed by atoms with Crippen molar-refractivity contribution in [1.82, 2.24) is 0 Å². The molecule has 66 valence electrons. The third kappa shape index (κ3) is 1.66. The van der Waals surface area contributed by atoms with Crippen LogP contribution in [0.4, 0.5) is 4.39 Å². The Morgan fingerprint density at radius 3 is 2.75 bits per heavy atom. The van der Waals surface area contributed by atoms with Gasteiger partial charge in [-0.25, -0.2) is 4.39 Å². The first-order valence-corrected chi connectivity index (χ1v) is 4.35. The van der Waals surface area contributed by atoms with E-state index in [0.29, 0.717) is 5.92 Å². The molecule has 0 fully saturated rings. The van der Waals surface area contributed by atoms with E-state index in [9.17, 15) is 4.39 Å². The van der Waals surface area contributed by atoms with Crippen LogP contribution >= 0.6 is 0 Å². The van der Waals surface area contributed by atoms with Crippen molar-refractivity contribution in [3.63, 3.8) is 0 Å². The first-order chi connectivity index (χ1) is 5.66. The van der Waals surface area contributed by atoms with Crippen molar-refractivity contribution < 1.29 is 4.39 Å². The van der Waals surface area contributed by atoms with Crippen molar-refractivity contribution in [1.29, 1.82) is 0 Å². The van der Waals surface area contributed by atoms with Crippen LogP contribution in [0, 0.1) is 5.92 Å². The van der Waals surface area contributed by atoms with Gasteiger partial charge in [-0.3, -0.25) is 0 Å². The van der Waals surface area contributed by atoms with Crippen molar-refractivity contribution in [2.75, 3.05) is 0 Å². The van der Waals surface area contributed by atoms with Gasteiger partial charge in [0, 0.05) is 0 Å². The van der Waals surface area contributed by atoms with Crippen LogP contribution in [0.15, 0.2) is 35.7 Å². The maximum absolute atomic E-state index is 13.3. The molecule has 0 bridgehead atoms. The summed E-state index contributed by atoms with van der Waals surface area (Å²) in [7, 11) is 0. The molecule has 1 rings (SSSR count). The molecule has 0 saturated heterocycles. The van der Waals surface area contributed by atoms with Gasteiger partial charge in [0.25, 0.3) is 0 Å². The number of allylic oxidation sites excluding steroid dienone is 5. The summed E-state index contributed by atoms with van der Waals surface area (Å²) in [5.74, 6) is 0.441. The van der Waals surface area contributed by atoms with E-state index >= 15 is 0 Å². The molecular weight excluding hydrogens is 151 g/mol. The van der Waals surface area contributed by atoms with E-state index in [0.717, 1.165) is 18.4 Å². The van der Waals surface area contributed by atoms with Crippen LogP contribution in [0.5, 0.6) is 0 Å². The average Bonchev–Trinajstić information content (AvgIpc) is 2.34. The lowest BCUT2D eigenvalue weighted by atomic mass is 10.1. The zero-order chi connectivity index (χ0) is 9.14. The standard InChI is InChI=1S/C11H15F/c1-4-5-11(12)10-7-6-8(2)9(10)3/h4-5,8H,1,6-7H2,2-3H3/b11-5+. The monoisotopic (exact) mass is 166 g/mol. The Kier molecular flexibility index (Phi) is 2.85. The Balaban J connectivity index is 2.89. The van der Waals surface area contributed by atoms with Crippen molar-refractivity contribution in [2.24, 2.45) is 5.92 Å². The summed E-state index contributed by atoms with van der Waals surface area (Å²) in [4.78, 5) is 0. The maximum Gasteiger partial charge on any atom is 0.126 e. The molecule has 0 spiro atoms. The van der Waals surface area contributed by atoms with E-state index in [4.69, 9.17) is 0 Å². The van der Waals surface area contributed by atoms with E-state index in [1.165, 1.54) is 17.7 Å². The number of rotatable bonds is 2. The van der Waals surface area contributed by atoms with Gasteiger partial charge in [0.2, 0.25) is 0 Å². The Labute approximate surface area is 73.5 Å². The third-order valence-corrected chi connectivity index (χ3v) is 2.60. The van der Waals surface area contributed by atoms with Gasteiger partial charge >= 0.3 is 0 Å². The van der Waals surface area contributed by atoms with Gasteiger partial charge in [-0.05, 0) is 37.3 Å². The van der Waals surface area contributed by atoms with Gasteiger partial charge in [0.1, 0.15) is 5.83 Å². The van der Waals surface area contributed by atoms with Crippen molar-refractivity contribution in [3.05, 3.63) is 35.7 Å². The highest BCUT2D eigenvalue weighted by atomic mass is 19.1. The second-order valence-electron chi connectivity index (χ2n) is 3.35. The molecule has 0 aromatic heterocycles. The highest BCUT2D eigenvalue weighted by Gasteiger charge is 2.20. The molecule has 0 N–H and O–H groups in total. The fourth-order valence-electron chi connectivity index (χ4n) is 1.58. The Hall–Kier alpha value is -0.850. The first kappa shape index (κ1) is 9.24. The molecule has 0 amide bonds. The van der Waals surface area contributed by atoms with Crippen LogP contribution in [0.2, 0.25) is 0 Å². The summed E-state index contributed by atoms with van der Waals surface area (Å²) in [5.41, 5.74) is 2.09. The van der Waals surface area contributed by atoms with Crippen LogP contribution in [0.25, 0.3) is 0 Å². The molecule has 0 nitrogen and oxygen atoms in total. The lowest BCUT2D eigenvalue weighted by molar-refractivity contribution is 0.637. The minimum absolute atomic E-state index is 0.105. The van der Waals surface area contributed by atoms with Gasteiger partial charge in [-0.1, -0.05) is 25.2 Å². The van der Waals surface area contributed by atoms with Crippen molar-refractivity contribution >= 4 is 0 Å². The van der Waals surface area contributed by atoms with E-state index in [2.05, 4.69) is 13.5 Å². The van der Waals surface area contributed by atoms with Crippen LogP contribution in [-0.2, 0) is 0 Å². The molecule has 0 radical (unpaired) electrons. The molecule has 0 saturated carbocycles. The summed E-state index contributed by atoms with van der Waals surface area (Å²) in [6, 6.07) is 0. The SMILES string of the molecule is C=C/C=C(/F)C1=C(C)C(C)CC1. The molecule has 1 heteroatoms. The summed E-state index contributed by atoms with van der Waals surface area (Å²) in [6.07, 6.45) is 4.90. The number of halogens is 1. The smallest absolute Gasteiger partial charge is 0.126 e. The van der Waals surface area contributed by atoms with Gasteiger partial charge in [0.15, 0.2) is 0 Å². The molecular formula is C11H15F. The predicted octanol–water partition coefficient (Wildman–Crippen LogP) is 3.77. The highest BCUT2D eigenvalue weighted by molar-refractivity contribution is 5.36. The quantitative estimate of drug-likeness (QED) is 0.548. The Morgan fingerprint density at radius 2 is 2.33 bits per heavy atom. The molecule has 0 heterocycles. The Bertz CT molecular complexity index is 246. The lowest BCUT2D eigenvalue weighted by Crippen LogP contribution is -1.87. The second kappa shape index (κ2) is 3.70. The molecule has 1 unspecified atom stereocenters.